The fourth-order valence-electron chi connectivity index (χ4n) is 5.15. The molecule has 10 nitrogen and oxygen atoms in total. The number of carbonyl (C=O) groups is 4. The highest BCUT2D eigenvalue weighted by atomic mass is 32.1. The predicted molar refractivity (Wildman–Crippen MR) is 129 cm³/mol. The molecule has 2 aromatic heterocycles. The third-order valence-corrected chi connectivity index (χ3v) is 7.96. The molecule has 1 aromatic carbocycles. The second-order valence-corrected chi connectivity index (χ2v) is 10.3. The summed E-state index contributed by atoms with van der Waals surface area (Å²) in [5, 5.41) is 4.78. The molecule has 2 aliphatic heterocycles. The van der Waals surface area contributed by atoms with Gasteiger partial charge < -0.3 is 15.0 Å². The second kappa shape index (κ2) is 9.18. The number of hydrogen-bond donors (Lipinski definition) is 2. The summed E-state index contributed by atoms with van der Waals surface area (Å²) in [5.41, 5.74) is 4.08. The third-order valence-electron chi connectivity index (χ3n) is 7.17. The highest BCUT2D eigenvalue weighted by Gasteiger charge is 2.41. The van der Waals surface area contributed by atoms with Crippen LogP contribution in [0.5, 0.6) is 0 Å². The largest absolute Gasteiger partial charge is 0.446 e. The number of piperidine rings is 1. The van der Waals surface area contributed by atoms with E-state index in [0.717, 1.165) is 15.9 Å². The Morgan fingerprint density at radius 1 is 1.22 bits per heavy atom. The Morgan fingerprint density at radius 3 is 2.86 bits per heavy atom. The molecule has 2 N–H and O–H groups in total. The SMILES string of the molecule is O=C1CCC(N2Cc3ccc(CNC(=O)OC4CC(c5nccc6scnc56)C4)c(F)c3C2=O)C(=O)N1. The van der Waals surface area contributed by atoms with Crippen molar-refractivity contribution in [2.75, 3.05) is 0 Å². The fraction of sp³-hybridized carbons (Fsp3) is 0.360. The van der Waals surface area contributed by atoms with Gasteiger partial charge in [-0.1, -0.05) is 12.1 Å². The van der Waals surface area contributed by atoms with E-state index in [9.17, 15) is 19.2 Å². The van der Waals surface area contributed by atoms with Gasteiger partial charge in [0.25, 0.3) is 5.91 Å². The number of alkyl carbamates (subject to hydrolysis) is 1. The van der Waals surface area contributed by atoms with Crippen LogP contribution in [-0.2, 0) is 27.4 Å². The Bertz CT molecular complexity index is 1450. The lowest BCUT2D eigenvalue weighted by Crippen LogP contribution is -2.52. The first-order valence-electron chi connectivity index (χ1n) is 12.0. The van der Waals surface area contributed by atoms with Gasteiger partial charge in [-0.15, -0.1) is 11.3 Å². The van der Waals surface area contributed by atoms with Gasteiger partial charge >= 0.3 is 6.09 Å². The summed E-state index contributed by atoms with van der Waals surface area (Å²) in [6, 6.07) is 4.23. The Kier molecular flexibility index (Phi) is 5.82. The monoisotopic (exact) mass is 523 g/mol. The highest BCUT2D eigenvalue weighted by Crippen LogP contribution is 2.40. The predicted octanol–water partition coefficient (Wildman–Crippen LogP) is 2.76. The van der Waals surface area contributed by atoms with Crippen LogP contribution in [0.25, 0.3) is 10.2 Å². The van der Waals surface area contributed by atoms with Crippen LogP contribution >= 0.6 is 11.3 Å². The molecule has 0 spiro atoms. The average Bonchev–Trinajstić information content (AvgIpc) is 3.46. The lowest BCUT2D eigenvalue weighted by Gasteiger charge is -2.34. The third kappa shape index (κ3) is 4.20. The van der Waals surface area contributed by atoms with Gasteiger partial charge in [-0.05, 0) is 30.9 Å². The number of nitrogens with one attached hydrogen (secondary N) is 2. The number of halogens is 1. The van der Waals surface area contributed by atoms with Gasteiger partial charge in [-0.3, -0.25) is 24.7 Å². The molecule has 12 heteroatoms. The number of aromatic nitrogens is 2. The van der Waals surface area contributed by atoms with Crippen molar-refractivity contribution >= 4 is 45.4 Å². The minimum atomic E-state index is -0.822. The number of rotatable bonds is 5. The average molecular weight is 524 g/mol. The van der Waals surface area contributed by atoms with E-state index in [0.29, 0.717) is 18.4 Å². The second-order valence-electron chi connectivity index (χ2n) is 9.42. The van der Waals surface area contributed by atoms with Crippen LogP contribution in [0.2, 0.25) is 0 Å². The minimum Gasteiger partial charge on any atom is -0.446 e. The molecule has 2 fully saturated rings. The molecule has 0 bridgehead atoms. The van der Waals surface area contributed by atoms with Gasteiger partial charge in [-0.25, -0.2) is 14.2 Å². The number of benzene rings is 1. The maximum atomic E-state index is 15.2. The first-order chi connectivity index (χ1) is 17.9. The molecular formula is C25H22FN5O5S. The van der Waals surface area contributed by atoms with E-state index in [1.54, 1.807) is 29.1 Å². The van der Waals surface area contributed by atoms with E-state index in [1.807, 2.05) is 6.07 Å². The van der Waals surface area contributed by atoms with Crippen LogP contribution in [-0.4, -0.2) is 50.8 Å². The van der Waals surface area contributed by atoms with Gasteiger partial charge in [-0.2, -0.15) is 0 Å². The van der Waals surface area contributed by atoms with Gasteiger partial charge in [0, 0.05) is 37.2 Å². The number of pyridine rings is 1. The quantitative estimate of drug-likeness (QED) is 0.492. The minimum absolute atomic E-state index is 0.0828. The molecule has 3 aromatic rings. The van der Waals surface area contributed by atoms with E-state index in [1.165, 1.54) is 11.0 Å². The lowest BCUT2D eigenvalue weighted by molar-refractivity contribution is -0.136. The number of fused-ring (bicyclic) bond motifs is 2. The Balaban J connectivity index is 1.04. The zero-order valence-electron chi connectivity index (χ0n) is 19.5. The first kappa shape index (κ1) is 23.5. The van der Waals surface area contributed by atoms with Crippen molar-refractivity contribution in [2.45, 2.75) is 56.8 Å². The van der Waals surface area contributed by atoms with E-state index in [2.05, 4.69) is 20.6 Å². The molecule has 1 saturated heterocycles. The van der Waals surface area contributed by atoms with Crippen LogP contribution in [0.3, 0.4) is 0 Å². The molecule has 0 radical (unpaired) electrons. The number of imide groups is 1. The van der Waals surface area contributed by atoms with E-state index in [-0.39, 0.29) is 55.0 Å². The molecule has 3 aliphatic rings. The van der Waals surface area contributed by atoms with Crippen LogP contribution in [0.15, 0.2) is 29.9 Å². The molecular weight excluding hydrogens is 501 g/mol. The summed E-state index contributed by atoms with van der Waals surface area (Å²) in [5.74, 6) is -2.11. The van der Waals surface area contributed by atoms with Crippen LogP contribution in [0.1, 0.15) is 58.8 Å². The van der Waals surface area contributed by atoms with Crippen molar-refractivity contribution in [3.8, 4) is 0 Å². The van der Waals surface area contributed by atoms with Gasteiger partial charge in [0.15, 0.2) is 0 Å². The lowest BCUT2D eigenvalue weighted by atomic mass is 9.79. The van der Waals surface area contributed by atoms with Gasteiger partial charge in [0.2, 0.25) is 11.8 Å². The van der Waals surface area contributed by atoms with Gasteiger partial charge in [0.05, 0.1) is 21.5 Å². The van der Waals surface area contributed by atoms with Crippen molar-refractivity contribution in [1.82, 2.24) is 25.5 Å². The number of amides is 4. The standard InChI is InChI=1S/C25H22FN5O5S/c26-20-12(1-2-13-10-31(24(34)19(13)20)16-3-4-18(32)30-23(16)33)9-28-25(35)36-15-7-14(8-15)21-22-17(5-6-27-21)37-11-29-22/h1-2,5-6,11,14-16H,3-4,7-10H2,(H,28,35)(H,30,32,33). The van der Waals surface area contributed by atoms with Crippen molar-refractivity contribution in [3.05, 3.63) is 58.1 Å². The summed E-state index contributed by atoms with van der Waals surface area (Å²) < 4.78 is 21.8. The zero-order valence-corrected chi connectivity index (χ0v) is 20.3. The Labute approximate surface area is 214 Å². The van der Waals surface area contributed by atoms with Crippen LogP contribution in [0, 0.1) is 5.82 Å². The molecule has 4 amide bonds. The molecule has 1 aliphatic carbocycles. The molecule has 1 unspecified atom stereocenters. The Morgan fingerprint density at radius 2 is 2.05 bits per heavy atom. The normalized spacial score (nSPS) is 23.0. The maximum Gasteiger partial charge on any atom is 0.407 e. The molecule has 6 rings (SSSR count). The van der Waals surface area contributed by atoms with Crippen molar-refractivity contribution in [2.24, 2.45) is 0 Å². The smallest absolute Gasteiger partial charge is 0.407 e. The number of thiazole rings is 1. The summed E-state index contributed by atoms with van der Waals surface area (Å²) >= 11 is 1.55. The zero-order chi connectivity index (χ0) is 25.7. The van der Waals surface area contributed by atoms with Crippen LogP contribution in [0.4, 0.5) is 9.18 Å². The topological polar surface area (TPSA) is 131 Å². The fourth-order valence-corrected chi connectivity index (χ4v) is 5.83. The summed E-state index contributed by atoms with van der Waals surface area (Å²) in [6.45, 7) is -0.0705. The Hall–Kier alpha value is -3.93. The van der Waals surface area contributed by atoms with E-state index >= 15 is 4.39 Å². The number of carbonyl (C=O) groups excluding carboxylic acids is 4. The van der Waals surface area contributed by atoms with Crippen molar-refractivity contribution in [3.63, 3.8) is 0 Å². The number of nitrogens with zero attached hydrogens (tertiary/aromatic N) is 3. The molecule has 1 saturated carbocycles. The molecule has 1 atom stereocenters. The summed E-state index contributed by atoms with van der Waals surface area (Å²) in [7, 11) is 0. The van der Waals surface area contributed by atoms with E-state index in [4.69, 9.17) is 4.74 Å². The highest BCUT2D eigenvalue weighted by molar-refractivity contribution is 7.16. The van der Waals surface area contributed by atoms with Crippen molar-refractivity contribution < 1.29 is 28.3 Å². The van der Waals surface area contributed by atoms with Crippen molar-refractivity contribution in [1.29, 1.82) is 0 Å². The van der Waals surface area contributed by atoms with E-state index < -0.39 is 29.8 Å². The number of hydrogen-bond acceptors (Lipinski definition) is 8. The first-order valence-corrected chi connectivity index (χ1v) is 12.8. The maximum absolute atomic E-state index is 15.2. The molecule has 190 valence electrons. The molecule has 4 heterocycles. The summed E-state index contributed by atoms with van der Waals surface area (Å²) in [6.07, 6.45) is 2.41. The number of ether oxygens (including phenoxy) is 1. The van der Waals surface area contributed by atoms with Gasteiger partial charge in [0.1, 0.15) is 23.5 Å². The summed E-state index contributed by atoms with van der Waals surface area (Å²) in [4.78, 5) is 59.0. The van der Waals surface area contributed by atoms with Crippen LogP contribution < -0.4 is 10.6 Å². The molecule has 37 heavy (non-hydrogen) atoms.